The summed E-state index contributed by atoms with van der Waals surface area (Å²) in [6, 6.07) is 9.12. The second kappa shape index (κ2) is 7.22. The zero-order chi connectivity index (χ0) is 15.2. The molecule has 1 aromatic rings. The summed E-state index contributed by atoms with van der Waals surface area (Å²) in [5, 5.41) is 12.2. The Hall–Kier alpha value is -1.88. The number of nitrogens with one attached hydrogen (secondary N) is 1. The predicted octanol–water partition coefficient (Wildman–Crippen LogP) is 1.49. The van der Waals surface area contributed by atoms with Gasteiger partial charge in [0.2, 0.25) is 5.91 Å². The Labute approximate surface area is 125 Å². The molecule has 5 heteroatoms. The lowest BCUT2D eigenvalue weighted by atomic mass is 9.91. The van der Waals surface area contributed by atoms with Crippen LogP contribution in [0.5, 0.6) is 0 Å². The van der Waals surface area contributed by atoms with E-state index >= 15 is 0 Å². The van der Waals surface area contributed by atoms with Gasteiger partial charge in [-0.1, -0.05) is 37.3 Å². The van der Waals surface area contributed by atoms with Gasteiger partial charge in [-0.3, -0.25) is 14.5 Å². The summed E-state index contributed by atoms with van der Waals surface area (Å²) in [6.07, 6.45) is 1.84. The molecule has 2 unspecified atom stereocenters. The van der Waals surface area contributed by atoms with Gasteiger partial charge in [-0.25, -0.2) is 0 Å². The zero-order valence-electron chi connectivity index (χ0n) is 12.3. The van der Waals surface area contributed by atoms with E-state index in [1.54, 1.807) is 4.90 Å². The molecule has 1 saturated heterocycles. The summed E-state index contributed by atoms with van der Waals surface area (Å²) in [7, 11) is 0. The van der Waals surface area contributed by atoms with Gasteiger partial charge in [0.15, 0.2) is 0 Å². The maximum atomic E-state index is 12.0. The van der Waals surface area contributed by atoms with Crippen LogP contribution < -0.4 is 5.32 Å². The van der Waals surface area contributed by atoms with Crippen LogP contribution in [0.1, 0.15) is 25.3 Å². The molecule has 0 spiro atoms. The van der Waals surface area contributed by atoms with Crippen LogP contribution in [-0.2, 0) is 16.1 Å². The van der Waals surface area contributed by atoms with Crippen molar-refractivity contribution in [1.29, 1.82) is 0 Å². The minimum absolute atomic E-state index is 0.0816. The lowest BCUT2D eigenvalue weighted by Crippen LogP contribution is -2.52. The van der Waals surface area contributed by atoms with Crippen LogP contribution in [0.2, 0.25) is 0 Å². The number of rotatable bonds is 5. The first kappa shape index (κ1) is 15.5. The van der Waals surface area contributed by atoms with Crippen molar-refractivity contribution in [2.75, 3.05) is 13.1 Å². The number of carbonyl (C=O) groups is 2. The molecule has 2 atom stereocenters. The van der Waals surface area contributed by atoms with Gasteiger partial charge in [-0.2, -0.15) is 0 Å². The van der Waals surface area contributed by atoms with Crippen LogP contribution in [-0.4, -0.2) is 41.0 Å². The Morgan fingerprint density at radius 1 is 1.33 bits per heavy atom. The molecule has 5 nitrogen and oxygen atoms in total. The molecule has 0 aliphatic carbocycles. The van der Waals surface area contributed by atoms with Crippen molar-refractivity contribution < 1.29 is 14.7 Å². The average Bonchev–Trinajstić information content (AvgIpc) is 2.46. The van der Waals surface area contributed by atoms with Gasteiger partial charge >= 0.3 is 5.97 Å². The van der Waals surface area contributed by atoms with Gasteiger partial charge in [0.25, 0.3) is 0 Å². The smallest absolute Gasteiger partial charge is 0.321 e. The monoisotopic (exact) mass is 290 g/mol. The molecule has 2 N–H and O–H groups in total. The molecule has 1 aliphatic rings. The summed E-state index contributed by atoms with van der Waals surface area (Å²) in [5.74, 6) is -0.879. The molecule has 1 aromatic carbocycles. The highest BCUT2D eigenvalue weighted by Gasteiger charge is 2.34. The number of carboxylic acid groups (broad SMARTS) is 1. The van der Waals surface area contributed by atoms with Crippen molar-refractivity contribution in [3.8, 4) is 0 Å². The van der Waals surface area contributed by atoms with E-state index in [1.165, 1.54) is 0 Å². The number of piperidine rings is 1. The van der Waals surface area contributed by atoms with Gasteiger partial charge in [-0.15, -0.1) is 0 Å². The van der Waals surface area contributed by atoms with Crippen molar-refractivity contribution >= 4 is 11.9 Å². The zero-order valence-corrected chi connectivity index (χ0v) is 12.3. The van der Waals surface area contributed by atoms with E-state index in [4.69, 9.17) is 0 Å². The van der Waals surface area contributed by atoms with Gasteiger partial charge in [0, 0.05) is 6.54 Å². The minimum Gasteiger partial charge on any atom is -0.480 e. The van der Waals surface area contributed by atoms with E-state index in [-0.39, 0.29) is 18.4 Å². The third-order valence-electron chi connectivity index (χ3n) is 3.97. The maximum absolute atomic E-state index is 12.0. The Kier molecular flexibility index (Phi) is 5.33. The summed E-state index contributed by atoms with van der Waals surface area (Å²) in [6.45, 7) is 3.22. The molecular weight excluding hydrogens is 268 g/mol. The van der Waals surface area contributed by atoms with E-state index in [0.717, 1.165) is 18.4 Å². The van der Waals surface area contributed by atoms with Crippen LogP contribution >= 0.6 is 0 Å². The third kappa shape index (κ3) is 4.29. The second-order valence-corrected chi connectivity index (χ2v) is 5.64. The molecule has 1 amide bonds. The van der Waals surface area contributed by atoms with Crippen LogP contribution in [0.3, 0.4) is 0 Å². The fourth-order valence-electron chi connectivity index (χ4n) is 2.89. The van der Waals surface area contributed by atoms with Crippen LogP contribution in [0, 0.1) is 5.92 Å². The van der Waals surface area contributed by atoms with Crippen molar-refractivity contribution in [3.05, 3.63) is 35.9 Å². The van der Waals surface area contributed by atoms with Gasteiger partial charge in [0.1, 0.15) is 6.04 Å². The van der Waals surface area contributed by atoms with E-state index in [0.29, 0.717) is 13.1 Å². The fraction of sp³-hybridized carbons (Fsp3) is 0.500. The van der Waals surface area contributed by atoms with Crippen LogP contribution in [0.25, 0.3) is 0 Å². The van der Waals surface area contributed by atoms with E-state index in [1.807, 2.05) is 37.3 Å². The van der Waals surface area contributed by atoms with Crippen molar-refractivity contribution in [3.63, 3.8) is 0 Å². The molecule has 114 valence electrons. The Bertz CT molecular complexity index is 490. The summed E-state index contributed by atoms with van der Waals surface area (Å²) >= 11 is 0. The number of benzene rings is 1. The number of hydrogen-bond donors (Lipinski definition) is 2. The Morgan fingerprint density at radius 3 is 2.71 bits per heavy atom. The number of amides is 1. The summed E-state index contributed by atoms with van der Waals surface area (Å²) in [5.41, 5.74) is 1.03. The quantitative estimate of drug-likeness (QED) is 0.862. The number of carbonyl (C=O) groups excluding carboxylic acids is 1. The molecule has 2 rings (SSSR count). The van der Waals surface area contributed by atoms with Gasteiger partial charge in [0.05, 0.1) is 6.54 Å². The summed E-state index contributed by atoms with van der Waals surface area (Å²) < 4.78 is 0. The van der Waals surface area contributed by atoms with Gasteiger partial charge < -0.3 is 10.4 Å². The largest absolute Gasteiger partial charge is 0.480 e. The molecule has 21 heavy (non-hydrogen) atoms. The highest BCUT2D eigenvalue weighted by atomic mass is 16.4. The number of hydrogen-bond acceptors (Lipinski definition) is 3. The fourth-order valence-corrected chi connectivity index (χ4v) is 2.89. The highest BCUT2D eigenvalue weighted by molar-refractivity contribution is 5.80. The van der Waals surface area contributed by atoms with E-state index in [9.17, 15) is 14.7 Å². The number of nitrogens with zero attached hydrogens (tertiary/aromatic N) is 1. The topological polar surface area (TPSA) is 69.6 Å². The minimum atomic E-state index is -0.835. The number of likely N-dealkylation sites (tertiary alicyclic amines) is 1. The molecule has 0 radical (unpaired) electrons. The Morgan fingerprint density at radius 2 is 2.05 bits per heavy atom. The first-order valence-corrected chi connectivity index (χ1v) is 7.35. The number of carboxylic acids is 1. The van der Waals surface area contributed by atoms with Crippen molar-refractivity contribution in [1.82, 2.24) is 10.2 Å². The number of aliphatic carboxylic acids is 1. The standard InChI is InChI=1S/C16H22N2O3/c1-12-6-5-9-18(15(12)16(20)21)11-14(19)17-10-13-7-3-2-4-8-13/h2-4,7-8,12,15H,5-6,9-11H2,1H3,(H,17,19)(H,20,21). The Balaban J connectivity index is 1.87. The lowest BCUT2D eigenvalue weighted by Gasteiger charge is -2.36. The van der Waals surface area contributed by atoms with Crippen molar-refractivity contribution in [2.45, 2.75) is 32.4 Å². The highest BCUT2D eigenvalue weighted by Crippen LogP contribution is 2.23. The maximum Gasteiger partial charge on any atom is 0.321 e. The van der Waals surface area contributed by atoms with Crippen molar-refractivity contribution in [2.24, 2.45) is 5.92 Å². The molecular formula is C16H22N2O3. The van der Waals surface area contributed by atoms with Gasteiger partial charge in [-0.05, 0) is 30.9 Å². The van der Waals surface area contributed by atoms with Crippen LogP contribution in [0.15, 0.2) is 30.3 Å². The third-order valence-corrected chi connectivity index (χ3v) is 3.97. The van der Waals surface area contributed by atoms with E-state index < -0.39 is 12.0 Å². The normalized spacial score (nSPS) is 22.7. The molecule has 0 saturated carbocycles. The average molecular weight is 290 g/mol. The molecule has 1 aliphatic heterocycles. The molecule has 1 fully saturated rings. The first-order chi connectivity index (χ1) is 10.1. The summed E-state index contributed by atoms with van der Waals surface area (Å²) in [4.78, 5) is 25.2. The molecule has 1 heterocycles. The second-order valence-electron chi connectivity index (χ2n) is 5.64. The van der Waals surface area contributed by atoms with Crippen LogP contribution in [0.4, 0.5) is 0 Å². The predicted molar refractivity (Wildman–Crippen MR) is 79.7 cm³/mol. The first-order valence-electron chi connectivity index (χ1n) is 7.35. The molecule has 0 aromatic heterocycles. The SMILES string of the molecule is CC1CCCN(CC(=O)NCc2ccccc2)C1C(=O)O. The van der Waals surface area contributed by atoms with E-state index in [2.05, 4.69) is 5.32 Å². The molecule has 0 bridgehead atoms. The lowest BCUT2D eigenvalue weighted by molar-refractivity contribution is -0.147.